The third-order valence-electron chi connectivity index (χ3n) is 4.52. The van der Waals surface area contributed by atoms with Crippen molar-refractivity contribution in [1.82, 2.24) is 25.2 Å². The molecule has 2 aromatic rings. The van der Waals surface area contributed by atoms with E-state index in [9.17, 15) is 18.3 Å². The Morgan fingerprint density at radius 1 is 1.48 bits per heavy atom. The lowest BCUT2D eigenvalue weighted by Gasteiger charge is -2.31. The number of hydrogen-bond donors (Lipinski definition) is 2. The summed E-state index contributed by atoms with van der Waals surface area (Å²) in [6, 6.07) is 1.11. The Morgan fingerprint density at radius 2 is 2.28 bits per heavy atom. The fourth-order valence-corrected chi connectivity index (χ4v) is 3.07. The summed E-state index contributed by atoms with van der Waals surface area (Å²) in [7, 11) is 1.90. The van der Waals surface area contributed by atoms with E-state index in [1.54, 1.807) is 6.20 Å². The topological polar surface area (TPSA) is 95.8 Å². The van der Waals surface area contributed by atoms with Crippen molar-refractivity contribution in [2.75, 3.05) is 26.7 Å². The van der Waals surface area contributed by atoms with Gasteiger partial charge in [-0.1, -0.05) is 0 Å². The molecule has 0 amide bonds. The highest BCUT2D eigenvalue weighted by molar-refractivity contribution is 5.92. The van der Waals surface area contributed by atoms with Crippen molar-refractivity contribution >= 4 is 23.3 Å². The van der Waals surface area contributed by atoms with Crippen LogP contribution in [0.3, 0.4) is 0 Å². The summed E-state index contributed by atoms with van der Waals surface area (Å²) in [5.41, 5.74) is 0.734. The molecule has 1 saturated heterocycles. The number of halogens is 3. The molecule has 0 bridgehead atoms. The van der Waals surface area contributed by atoms with Crippen LogP contribution in [0.2, 0.25) is 0 Å². The first-order chi connectivity index (χ1) is 13.8. The molecule has 0 radical (unpaired) electrons. The van der Waals surface area contributed by atoms with Gasteiger partial charge in [0.25, 0.3) is 0 Å². The molecule has 1 unspecified atom stereocenters. The van der Waals surface area contributed by atoms with Gasteiger partial charge < -0.3 is 20.1 Å². The number of rotatable bonds is 6. The molecule has 156 valence electrons. The Bertz CT molecular complexity index is 912. The molecule has 1 fully saturated rings. The summed E-state index contributed by atoms with van der Waals surface area (Å²) < 4.78 is 41.9. The molecule has 0 saturated carbocycles. The zero-order valence-corrected chi connectivity index (χ0v) is 15.8. The molecule has 3 heterocycles. The number of alkyl halides is 3. The minimum atomic E-state index is -4.56. The van der Waals surface area contributed by atoms with Gasteiger partial charge in [0.15, 0.2) is 6.61 Å². The predicted octanol–water partition coefficient (Wildman–Crippen LogP) is 2.35. The Balaban J connectivity index is 1.98. The van der Waals surface area contributed by atoms with Crippen LogP contribution in [-0.4, -0.2) is 70.6 Å². The van der Waals surface area contributed by atoms with Gasteiger partial charge in [0.05, 0.1) is 5.39 Å². The number of aromatic nitrogens is 3. The Hall–Kier alpha value is -2.95. The molecule has 2 aromatic heterocycles. The molecule has 3 rings (SSSR count). The van der Waals surface area contributed by atoms with Crippen molar-refractivity contribution in [3.8, 4) is 11.9 Å². The largest absolute Gasteiger partial charge is 0.493 e. The summed E-state index contributed by atoms with van der Waals surface area (Å²) in [4.78, 5) is 17.8. The van der Waals surface area contributed by atoms with Crippen molar-refractivity contribution in [2.24, 2.45) is 4.99 Å². The molecule has 0 spiro atoms. The van der Waals surface area contributed by atoms with E-state index < -0.39 is 24.7 Å². The van der Waals surface area contributed by atoms with Crippen LogP contribution in [0.15, 0.2) is 23.5 Å². The number of likely N-dealkylation sites (N-methyl/N-ethyl adjacent to an activating group) is 1. The van der Waals surface area contributed by atoms with Gasteiger partial charge in [0.2, 0.25) is 5.88 Å². The molecule has 0 aromatic carbocycles. The van der Waals surface area contributed by atoms with Crippen LogP contribution in [0.5, 0.6) is 11.9 Å². The Morgan fingerprint density at radius 3 is 2.93 bits per heavy atom. The van der Waals surface area contributed by atoms with Crippen molar-refractivity contribution < 1.29 is 23.0 Å². The van der Waals surface area contributed by atoms with E-state index in [4.69, 9.17) is 0 Å². The number of nitrogens with one attached hydrogen (secondary N) is 1. The van der Waals surface area contributed by atoms with Crippen LogP contribution in [0, 0.1) is 0 Å². The first-order valence-corrected chi connectivity index (χ1v) is 8.95. The standard InChI is InChI=1S/C18H21F3N6O2/c1-22-13(9-27(2)11-4-3-6-23-8-11)15-14-12(5-7-24-15)16(28)26-17(25-14)29-10-18(19,20)21/h5,7,9,11,23H,1,3-4,6,8,10H2,2H3,(H,25,26,28)/b13-9-. The second-order valence-electron chi connectivity index (χ2n) is 6.63. The quantitative estimate of drug-likeness (QED) is 0.706. The second kappa shape index (κ2) is 8.60. The zero-order valence-electron chi connectivity index (χ0n) is 15.8. The van der Waals surface area contributed by atoms with Gasteiger partial charge in [0, 0.05) is 32.0 Å². The molecule has 11 heteroatoms. The molecule has 1 atom stereocenters. The summed E-state index contributed by atoms with van der Waals surface area (Å²) >= 11 is 0. The molecular formula is C18H21F3N6O2. The number of hydrogen-bond acceptors (Lipinski definition) is 8. The van der Waals surface area contributed by atoms with Gasteiger partial charge in [-0.25, -0.2) is 0 Å². The smallest absolute Gasteiger partial charge is 0.422 e. The number of ether oxygens (including phenoxy) is 1. The van der Waals surface area contributed by atoms with Crippen molar-refractivity contribution in [3.05, 3.63) is 24.2 Å². The Labute approximate surface area is 165 Å². The first kappa shape index (κ1) is 20.8. The summed E-state index contributed by atoms with van der Waals surface area (Å²) in [6.45, 7) is 3.79. The average Bonchev–Trinajstić information content (AvgIpc) is 2.70. The van der Waals surface area contributed by atoms with Crippen molar-refractivity contribution in [3.63, 3.8) is 0 Å². The van der Waals surface area contributed by atoms with E-state index in [0.29, 0.717) is 5.70 Å². The third-order valence-corrected chi connectivity index (χ3v) is 4.52. The molecule has 8 nitrogen and oxygen atoms in total. The summed E-state index contributed by atoms with van der Waals surface area (Å²) in [5, 5.41) is 13.7. The summed E-state index contributed by atoms with van der Waals surface area (Å²) in [5.74, 6) is -0.510. The molecule has 29 heavy (non-hydrogen) atoms. The number of fused-ring (bicyclic) bond motifs is 1. The maximum Gasteiger partial charge on any atom is 0.422 e. The number of pyridine rings is 1. The van der Waals surface area contributed by atoms with Crippen molar-refractivity contribution in [1.29, 1.82) is 0 Å². The zero-order chi connectivity index (χ0) is 21.0. The van der Waals surface area contributed by atoms with Crippen LogP contribution in [-0.2, 0) is 0 Å². The highest BCUT2D eigenvalue weighted by Crippen LogP contribution is 2.30. The van der Waals surface area contributed by atoms with E-state index >= 15 is 0 Å². The van der Waals surface area contributed by atoms with E-state index in [2.05, 4.69) is 36.7 Å². The average molecular weight is 410 g/mol. The predicted molar refractivity (Wildman–Crippen MR) is 102 cm³/mol. The normalized spacial score (nSPS) is 17.9. The van der Waals surface area contributed by atoms with E-state index in [-0.39, 0.29) is 22.6 Å². The van der Waals surface area contributed by atoms with Crippen LogP contribution >= 0.6 is 0 Å². The number of aliphatic imine (C=N–C) groups is 1. The van der Waals surface area contributed by atoms with Gasteiger partial charge in [-0.3, -0.25) is 9.98 Å². The van der Waals surface area contributed by atoms with Gasteiger partial charge in [0.1, 0.15) is 16.9 Å². The fraction of sp³-hybridized carbons (Fsp3) is 0.444. The lowest BCUT2D eigenvalue weighted by Crippen LogP contribution is -2.41. The SMILES string of the molecule is C=N/C(=C\N(C)C1CCCNC1)c1nccc2c(O)nc(OCC(F)(F)F)nc12. The maximum atomic E-state index is 12.4. The highest BCUT2D eigenvalue weighted by atomic mass is 19.4. The number of nitrogens with zero attached hydrogens (tertiary/aromatic N) is 5. The molecule has 1 aliphatic heterocycles. The number of piperidine rings is 1. The van der Waals surface area contributed by atoms with Crippen LogP contribution in [0.1, 0.15) is 18.5 Å². The third kappa shape index (κ3) is 5.11. The minimum Gasteiger partial charge on any atom is -0.493 e. The molecule has 1 aliphatic rings. The summed E-state index contributed by atoms with van der Waals surface area (Å²) in [6.07, 6.45) is 0.676. The monoisotopic (exact) mass is 410 g/mol. The van der Waals surface area contributed by atoms with Crippen LogP contribution in [0.4, 0.5) is 13.2 Å². The van der Waals surface area contributed by atoms with Crippen LogP contribution in [0.25, 0.3) is 16.6 Å². The van der Waals surface area contributed by atoms with E-state index in [1.807, 2.05) is 11.9 Å². The number of aromatic hydroxyl groups is 1. The highest BCUT2D eigenvalue weighted by Gasteiger charge is 2.29. The van der Waals surface area contributed by atoms with Gasteiger partial charge in [-0.2, -0.15) is 23.1 Å². The van der Waals surface area contributed by atoms with Crippen LogP contribution < -0.4 is 10.1 Å². The maximum absolute atomic E-state index is 12.4. The van der Waals surface area contributed by atoms with Gasteiger partial charge >= 0.3 is 12.2 Å². The van der Waals surface area contributed by atoms with Gasteiger partial charge in [-0.15, -0.1) is 0 Å². The van der Waals surface area contributed by atoms with E-state index in [1.165, 1.54) is 12.3 Å². The molecular weight excluding hydrogens is 389 g/mol. The minimum absolute atomic E-state index is 0.117. The van der Waals surface area contributed by atoms with Gasteiger partial charge in [-0.05, 0) is 32.2 Å². The fourth-order valence-electron chi connectivity index (χ4n) is 3.07. The lowest BCUT2D eigenvalue weighted by atomic mass is 10.1. The van der Waals surface area contributed by atoms with E-state index in [0.717, 1.165) is 25.9 Å². The second-order valence-corrected chi connectivity index (χ2v) is 6.63. The van der Waals surface area contributed by atoms with Crippen molar-refractivity contribution in [2.45, 2.75) is 25.1 Å². The lowest BCUT2D eigenvalue weighted by molar-refractivity contribution is -0.154. The molecule has 2 N–H and O–H groups in total. The first-order valence-electron chi connectivity index (χ1n) is 8.95. The molecule has 0 aliphatic carbocycles. The Kier molecular flexibility index (Phi) is 6.16.